The van der Waals surface area contributed by atoms with Gasteiger partial charge in [0.2, 0.25) is 5.91 Å². The molecule has 6 rings (SSSR count). The van der Waals surface area contributed by atoms with Crippen LogP contribution in [0.3, 0.4) is 0 Å². The number of fused-ring (bicyclic) bond motifs is 2. The number of aryl methyl sites for hydroxylation is 2. The van der Waals surface area contributed by atoms with Gasteiger partial charge in [0, 0.05) is 72.9 Å². The van der Waals surface area contributed by atoms with Gasteiger partial charge in [-0.25, -0.2) is 9.59 Å². The second-order valence-corrected chi connectivity index (χ2v) is 13.9. The number of anilines is 1. The quantitative estimate of drug-likeness (QED) is 0.131. The fraction of sp³-hybridized carbons (Fsp3) is 0.500. The van der Waals surface area contributed by atoms with Crippen molar-refractivity contribution in [3.05, 3.63) is 73.9 Å². The van der Waals surface area contributed by atoms with Crippen molar-refractivity contribution in [3.8, 4) is 11.5 Å². The standard InChI is InChI=1S/C39H47N3O8.CH4/c1-24-33(47-30-13-17-41(3)18-14-30)11-9-26-21-28(38(45)49-36(24)26)22-29(43)7-5-6-8-35(44)40-32-23-27-10-12-34(25(2)37(27)50-39(32)46)48-31-15-19-42(4)20-16-31;/h9-12,21,23,30-31H,5-8,13-20,22H2,1-4H3,(H,40,44);1H4. The Morgan fingerprint density at radius 3 is 1.78 bits per heavy atom. The Bertz CT molecular complexity index is 1840. The first-order valence-electron chi connectivity index (χ1n) is 17.7. The summed E-state index contributed by atoms with van der Waals surface area (Å²) in [6, 6.07) is 10.8. The molecule has 2 saturated heterocycles. The number of Topliss-reactive ketones (excluding diaryl/α,β-unsaturated/α-hetero) is 1. The van der Waals surface area contributed by atoms with Crippen LogP contribution in [0.2, 0.25) is 0 Å². The molecule has 11 heteroatoms. The molecular formula is C40H51N3O8. The lowest BCUT2D eigenvalue weighted by atomic mass is 10.0. The third-order valence-corrected chi connectivity index (χ3v) is 9.96. The third kappa shape index (κ3) is 9.25. The van der Waals surface area contributed by atoms with E-state index in [0.717, 1.165) is 68.4 Å². The summed E-state index contributed by atoms with van der Waals surface area (Å²) in [6.45, 7) is 7.67. The van der Waals surface area contributed by atoms with Crippen LogP contribution in [0, 0.1) is 13.8 Å². The van der Waals surface area contributed by atoms with Gasteiger partial charge >= 0.3 is 11.3 Å². The van der Waals surface area contributed by atoms with Crippen LogP contribution in [0.1, 0.15) is 75.5 Å². The molecule has 0 aliphatic carbocycles. The Morgan fingerprint density at radius 2 is 1.24 bits per heavy atom. The van der Waals surface area contributed by atoms with Crippen molar-refractivity contribution in [3.63, 3.8) is 0 Å². The van der Waals surface area contributed by atoms with Crippen LogP contribution in [0.25, 0.3) is 21.9 Å². The average Bonchev–Trinajstić information content (AvgIpc) is 3.09. The highest BCUT2D eigenvalue weighted by Gasteiger charge is 2.22. The Balaban J connectivity index is 0.00000504. The predicted molar refractivity (Wildman–Crippen MR) is 199 cm³/mol. The summed E-state index contributed by atoms with van der Waals surface area (Å²) < 4.78 is 23.8. The molecule has 0 atom stereocenters. The molecule has 0 radical (unpaired) electrons. The number of amides is 1. The molecule has 1 N–H and O–H groups in total. The van der Waals surface area contributed by atoms with Crippen LogP contribution in [-0.4, -0.2) is 74.0 Å². The van der Waals surface area contributed by atoms with Gasteiger partial charge in [0.15, 0.2) is 0 Å². The van der Waals surface area contributed by atoms with E-state index >= 15 is 0 Å². The van der Waals surface area contributed by atoms with E-state index in [1.165, 1.54) is 0 Å². The van der Waals surface area contributed by atoms with E-state index in [1.54, 1.807) is 12.1 Å². The Morgan fingerprint density at radius 1 is 0.745 bits per heavy atom. The summed E-state index contributed by atoms with van der Waals surface area (Å²) in [7, 11) is 4.20. The number of likely N-dealkylation sites (tertiary alicyclic amines) is 2. The van der Waals surface area contributed by atoms with Crippen LogP contribution < -0.4 is 26.0 Å². The number of carbonyl (C=O) groups excluding carboxylic acids is 2. The van der Waals surface area contributed by atoms with E-state index in [9.17, 15) is 19.2 Å². The van der Waals surface area contributed by atoms with Crippen LogP contribution in [-0.2, 0) is 16.0 Å². The molecule has 51 heavy (non-hydrogen) atoms. The maximum Gasteiger partial charge on any atom is 0.360 e. The van der Waals surface area contributed by atoms with Gasteiger partial charge in [-0.15, -0.1) is 0 Å². The van der Waals surface area contributed by atoms with E-state index in [4.69, 9.17) is 18.3 Å². The molecule has 2 fully saturated rings. The average molecular weight is 702 g/mol. The fourth-order valence-electron chi connectivity index (χ4n) is 6.81. The monoisotopic (exact) mass is 701 g/mol. The van der Waals surface area contributed by atoms with Gasteiger partial charge in [-0.2, -0.15) is 0 Å². The van der Waals surface area contributed by atoms with Gasteiger partial charge in [0.1, 0.15) is 46.3 Å². The molecule has 2 aromatic carbocycles. The Labute approximate surface area is 298 Å². The number of ketones is 1. The zero-order chi connectivity index (χ0) is 35.4. The number of nitrogens with one attached hydrogen (secondary N) is 1. The van der Waals surface area contributed by atoms with Crippen molar-refractivity contribution in [2.75, 3.05) is 45.6 Å². The summed E-state index contributed by atoms with van der Waals surface area (Å²) in [6.07, 6.45) is 5.23. The fourth-order valence-corrected chi connectivity index (χ4v) is 6.81. The van der Waals surface area contributed by atoms with E-state index in [2.05, 4.69) is 29.2 Å². The molecule has 0 bridgehead atoms. The van der Waals surface area contributed by atoms with Crippen molar-refractivity contribution in [2.45, 2.75) is 91.3 Å². The van der Waals surface area contributed by atoms with Gasteiger partial charge in [0.25, 0.3) is 0 Å². The lowest BCUT2D eigenvalue weighted by Crippen LogP contribution is -2.35. The molecule has 4 heterocycles. The smallest absolute Gasteiger partial charge is 0.360 e. The summed E-state index contributed by atoms with van der Waals surface area (Å²) in [5, 5.41) is 4.09. The van der Waals surface area contributed by atoms with Gasteiger partial charge in [0.05, 0.1) is 0 Å². The van der Waals surface area contributed by atoms with Gasteiger partial charge in [-0.05, 0) is 103 Å². The number of piperidine rings is 2. The van der Waals surface area contributed by atoms with Crippen molar-refractivity contribution in [1.29, 1.82) is 0 Å². The number of hydrogen-bond acceptors (Lipinski definition) is 10. The molecule has 11 nitrogen and oxygen atoms in total. The van der Waals surface area contributed by atoms with E-state index < -0.39 is 11.3 Å². The maximum absolute atomic E-state index is 12.8. The Kier molecular flexibility index (Phi) is 12.4. The lowest BCUT2D eigenvalue weighted by Gasteiger charge is -2.29. The van der Waals surface area contributed by atoms with E-state index in [0.29, 0.717) is 46.5 Å². The van der Waals surface area contributed by atoms with Crippen molar-refractivity contribution in [1.82, 2.24) is 9.80 Å². The molecule has 0 saturated carbocycles. The number of rotatable bonds is 12. The summed E-state index contributed by atoms with van der Waals surface area (Å²) >= 11 is 0. The maximum atomic E-state index is 12.8. The SMILES string of the molecule is C.Cc1c(OC2CCN(C)CC2)ccc2cc(CC(=O)CCCCC(=O)Nc3cc4ccc(OC5CCN(C)CC5)c(C)c4oc3=O)c(=O)oc12. The first-order chi connectivity index (χ1) is 24.0. The molecule has 0 spiro atoms. The first kappa shape index (κ1) is 37.8. The molecule has 0 unspecified atom stereocenters. The zero-order valence-electron chi connectivity index (χ0n) is 29.5. The van der Waals surface area contributed by atoms with Crippen LogP contribution in [0.5, 0.6) is 11.5 Å². The highest BCUT2D eigenvalue weighted by molar-refractivity contribution is 5.93. The molecule has 2 aromatic heterocycles. The minimum absolute atomic E-state index is 0. The predicted octanol–water partition coefficient (Wildman–Crippen LogP) is 6.41. The van der Waals surface area contributed by atoms with Crippen LogP contribution in [0.4, 0.5) is 5.69 Å². The number of nitrogens with zero attached hydrogens (tertiary/aromatic N) is 2. The van der Waals surface area contributed by atoms with E-state index in [-0.39, 0.29) is 56.3 Å². The van der Waals surface area contributed by atoms with Gasteiger partial charge in [-0.3, -0.25) is 9.59 Å². The molecule has 274 valence electrons. The number of carbonyl (C=O) groups is 2. The second-order valence-electron chi connectivity index (χ2n) is 13.9. The van der Waals surface area contributed by atoms with Crippen LogP contribution in [0.15, 0.2) is 54.8 Å². The minimum atomic E-state index is -0.633. The van der Waals surface area contributed by atoms with Crippen molar-refractivity contribution in [2.24, 2.45) is 0 Å². The summed E-state index contributed by atoms with van der Waals surface area (Å²) in [4.78, 5) is 55.6. The minimum Gasteiger partial charge on any atom is -0.490 e. The molecule has 2 aliphatic heterocycles. The third-order valence-electron chi connectivity index (χ3n) is 9.96. The molecule has 1 amide bonds. The number of benzene rings is 2. The summed E-state index contributed by atoms with van der Waals surface area (Å²) in [5.74, 6) is 0.955. The zero-order valence-corrected chi connectivity index (χ0v) is 29.5. The van der Waals surface area contributed by atoms with Crippen molar-refractivity contribution >= 4 is 39.3 Å². The molecule has 4 aromatic rings. The first-order valence-corrected chi connectivity index (χ1v) is 17.7. The number of unbranched alkanes of at least 4 members (excludes halogenated alkanes) is 1. The Hall–Kier alpha value is -4.48. The number of hydrogen-bond donors (Lipinski definition) is 1. The molecule has 2 aliphatic rings. The highest BCUT2D eigenvalue weighted by Crippen LogP contribution is 2.31. The van der Waals surface area contributed by atoms with E-state index in [1.807, 2.05) is 38.1 Å². The van der Waals surface area contributed by atoms with Gasteiger partial charge in [-0.1, -0.05) is 7.43 Å². The highest BCUT2D eigenvalue weighted by atomic mass is 16.5. The van der Waals surface area contributed by atoms with Gasteiger partial charge < -0.3 is 33.4 Å². The second kappa shape index (κ2) is 16.7. The largest absolute Gasteiger partial charge is 0.490 e. The molecular weight excluding hydrogens is 650 g/mol. The number of ether oxygens (including phenoxy) is 2. The lowest BCUT2D eigenvalue weighted by molar-refractivity contribution is -0.119. The van der Waals surface area contributed by atoms with Crippen LogP contribution >= 0.6 is 0 Å². The normalized spacial score (nSPS) is 16.2. The topological polar surface area (TPSA) is 132 Å². The van der Waals surface area contributed by atoms with Crippen molar-refractivity contribution < 1.29 is 27.9 Å². The summed E-state index contributed by atoms with van der Waals surface area (Å²) in [5.41, 5.74) is 1.65.